The average molecular weight is 968 g/mol. The number of halogens is 23. The zero-order valence-corrected chi connectivity index (χ0v) is 29.1. The Morgan fingerprint density at radius 1 is 0.650 bits per heavy atom. The molecule has 8 N–H and O–H groups in total. The number of carboxylic acid groups (broad SMARTS) is 1. The van der Waals surface area contributed by atoms with Crippen LogP contribution < -0.4 is 10.6 Å². The van der Waals surface area contributed by atoms with Gasteiger partial charge in [0.25, 0.3) is 5.91 Å². The van der Waals surface area contributed by atoms with Crippen LogP contribution in [0.4, 0.5) is 101 Å². The molecular formula is C24H24F23N2O10P. The maximum Gasteiger partial charge on any atom is 0.460 e. The maximum atomic E-state index is 14.5. The molecular weight excluding hydrogens is 944 g/mol. The number of carboxylic acids is 1. The summed E-state index contributed by atoms with van der Waals surface area (Å²) >= 11 is 0. The number of hydrogen-bond donors (Lipinski definition) is 8. The summed E-state index contributed by atoms with van der Waals surface area (Å²) in [5.41, 5.74) is -4.03. The molecule has 7 atom stereocenters. The first-order chi connectivity index (χ1) is 26.0. The van der Waals surface area contributed by atoms with Crippen LogP contribution in [0.2, 0.25) is 0 Å². The highest BCUT2D eigenvalue weighted by Crippen LogP contribution is 2.67. The highest BCUT2D eigenvalue weighted by Gasteiger charge is 2.99. The Morgan fingerprint density at radius 3 is 1.30 bits per heavy atom. The van der Waals surface area contributed by atoms with E-state index in [-0.39, 0.29) is 12.2 Å². The number of carbonyl (C=O) groups excluding carboxylic acids is 1. The summed E-state index contributed by atoms with van der Waals surface area (Å²) in [6.45, 7) is -3.43. The van der Waals surface area contributed by atoms with Crippen molar-refractivity contribution in [2.75, 3.05) is 19.4 Å². The third-order valence-corrected chi connectivity index (χ3v) is 9.79. The lowest BCUT2D eigenvalue weighted by Gasteiger charge is -2.45. The Balaban J connectivity index is 3.53. The van der Waals surface area contributed by atoms with E-state index in [4.69, 9.17) is 5.11 Å². The smallest absolute Gasteiger partial charge is 0.460 e. The molecule has 12 nitrogen and oxygen atoms in total. The van der Waals surface area contributed by atoms with Crippen LogP contribution in [0.5, 0.6) is 0 Å². The van der Waals surface area contributed by atoms with Crippen molar-refractivity contribution < 1.29 is 150 Å². The van der Waals surface area contributed by atoms with Crippen LogP contribution in [-0.2, 0) is 18.7 Å². The fourth-order valence-electron chi connectivity index (χ4n) is 4.61. The molecule has 356 valence electrons. The van der Waals surface area contributed by atoms with Crippen molar-refractivity contribution in [3.05, 3.63) is 0 Å². The van der Waals surface area contributed by atoms with Crippen LogP contribution in [-0.4, -0.2) is 163 Å². The van der Waals surface area contributed by atoms with Gasteiger partial charge in [0.05, 0.1) is 43.7 Å². The Morgan fingerprint density at radius 2 is 0.983 bits per heavy atom. The van der Waals surface area contributed by atoms with E-state index in [0.29, 0.717) is 0 Å². The second kappa shape index (κ2) is 16.1. The fourth-order valence-corrected chi connectivity index (χ4v) is 5.86. The SMILES string of the molecule is CC(COP(=O)(O)C[C@H](O)C[C@H]1N[C@H](CO)[C@@H](O)[C@@H]1O)(NC(=O)C(F)(F)C(F)(F)C(F)(F)C(F)(F)C(F)(F)C(F)(F)C(F)(F)C(F)(F)C(F)(F)C(F)(F)C(F)(F)F)C(=O)O. The Kier molecular flexibility index (Phi) is 14.9. The van der Waals surface area contributed by atoms with Crippen molar-refractivity contribution in [1.82, 2.24) is 10.6 Å². The number of hydrogen-bond acceptors (Lipinski definition) is 9. The zero-order chi connectivity index (χ0) is 48.5. The summed E-state index contributed by atoms with van der Waals surface area (Å²) in [6, 6.07) is -2.63. The second-order valence-electron chi connectivity index (χ2n) is 12.9. The molecule has 1 aliphatic heterocycles. The fraction of sp³-hybridized carbons (Fsp3) is 0.917. The Bertz CT molecular complexity index is 1630. The van der Waals surface area contributed by atoms with Crippen molar-refractivity contribution in [2.45, 2.75) is 115 Å². The number of aliphatic hydroxyl groups excluding tert-OH is 4. The van der Waals surface area contributed by atoms with E-state index in [1.807, 2.05) is 0 Å². The number of rotatable bonds is 20. The van der Waals surface area contributed by atoms with E-state index in [2.05, 4.69) is 9.84 Å². The molecule has 1 saturated heterocycles. The zero-order valence-electron chi connectivity index (χ0n) is 28.2. The summed E-state index contributed by atoms with van der Waals surface area (Å²) < 4.78 is 331. The lowest BCUT2D eigenvalue weighted by atomic mass is 9.85. The first-order valence-corrected chi connectivity index (χ1v) is 16.6. The monoisotopic (exact) mass is 968 g/mol. The van der Waals surface area contributed by atoms with E-state index in [1.54, 1.807) is 0 Å². The van der Waals surface area contributed by atoms with Crippen molar-refractivity contribution in [2.24, 2.45) is 0 Å². The molecule has 60 heavy (non-hydrogen) atoms. The first-order valence-electron chi connectivity index (χ1n) is 14.8. The molecule has 0 saturated carbocycles. The van der Waals surface area contributed by atoms with Gasteiger partial charge >= 0.3 is 79.0 Å². The van der Waals surface area contributed by atoms with Gasteiger partial charge in [-0.15, -0.1) is 0 Å². The summed E-state index contributed by atoms with van der Waals surface area (Å²) in [5.74, 6) is -99.5. The Hall–Kier alpha value is -2.72. The van der Waals surface area contributed by atoms with E-state index in [9.17, 15) is 140 Å². The van der Waals surface area contributed by atoms with Crippen molar-refractivity contribution in [3.8, 4) is 0 Å². The topological polar surface area (TPSA) is 206 Å². The van der Waals surface area contributed by atoms with Gasteiger partial charge in [-0.1, -0.05) is 0 Å². The molecule has 0 aliphatic carbocycles. The molecule has 0 aromatic carbocycles. The second-order valence-corrected chi connectivity index (χ2v) is 14.8. The standard InChI is InChI=1S/C24H24F23N2O10P/c1-13(12(55)56,5-59-60(57,58)4-6(51)2-7-9(52)10(53)8(3-50)48-7)49-11(54)14(25,26)15(27,28)16(29,30)17(31,32)18(33,34)19(35,36)20(37,38)21(39,40)22(41,42)23(43,44)24(45,46)47/h6-10,48,50-53H,2-5H2,1H3,(H,49,54)(H,55,56)(H,57,58)/t6-,7-,8-,9-,10-,13?/m1/s1. The third-order valence-electron chi connectivity index (χ3n) is 8.37. The minimum Gasteiger partial charge on any atom is -0.479 e. The average Bonchev–Trinajstić information content (AvgIpc) is 3.33. The van der Waals surface area contributed by atoms with Crippen molar-refractivity contribution >= 4 is 19.5 Å². The number of aliphatic hydroxyl groups is 4. The number of nitrogens with one attached hydrogen (secondary N) is 2. The number of amides is 1. The molecule has 36 heteroatoms. The van der Waals surface area contributed by atoms with Crippen LogP contribution in [0, 0.1) is 0 Å². The maximum absolute atomic E-state index is 14.5. The van der Waals surface area contributed by atoms with Crippen molar-refractivity contribution in [3.63, 3.8) is 0 Å². The van der Waals surface area contributed by atoms with Gasteiger partial charge in [0, 0.05) is 6.04 Å². The predicted octanol–water partition coefficient (Wildman–Crippen LogP) is 3.87. The Labute approximate surface area is 315 Å². The number of aliphatic carboxylic acids is 1. The van der Waals surface area contributed by atoms with Gasteiger partial charge in [0.2, 0.25) is 0 Å². The van der Waals surface area contributed by atoms with E-state index < -0.39 is 147 Å². The highest BCUT2D eigenvalue weighted by molar-refractivity contribution is 7.52. The molecule has 1 aliphatic rings. The number of carbonyl (C=O) groups is 2. The summed E-state index contributed by atoms with van der Waals surface area (Å²) in [7, 11) is -5.61. The van der Waals surface area contributed by atoms with E-state index >= 15 is 0 Å². The molecule has 1 heterocycles. The molecule has 0 aromatic rings. The van der Waals surface area contributed by atoms with Crippen LogP contribution >= 0.6 is 7.60 Å². The minimum atomic E-state index is -9.70. The quantitative estimate of drug-likeness (QED) is 0.0650. The first kappa shape index (κ1) is 55.3. The molecule has 0 radical (unpaired) electrons. The van der Waals surface area contributed by atoms with Crippen LogP contribution in [0.3, 0.4) is 0 Å². The predicted molar refractivity (Wildman–Crippen MR) is 141 cm³/mol. The van der Waals surface area contributed by atoms with Gasteiger partial charge in [0.1, 0.15) is 0 Å². The van der Waals surface area contributed by atoms with E-state index in [0.717, 1.165) is 0 Å². The highest BCUT2D eigenvalue weighted by atomic mass is 31.2. The van der Waals surface area contributed by atoms with E-state index in [1.165, 1.54) is 0 Å². The normalized spacial score (nSPS) is 23.8. The molecule has 1 amide bonds. The third kappa shape index (κ3) is 8.52. The van der Waals surface area contributed by atoms with Gasteiger partial charge in [-0.25, -0.2) is 4.79 Å². The van der Waals surface area contributed by atoms with Crippen LogP contribution in [0.1, 0.15) is 13.3 Å². The number of alkyl halides is 23. The van der Waals surface area contributed by atoms with Crippen molar-refractivity contribution in [1.29, 1.82) is 0 Å². The van der Waals surface area contributed by atoms with Gasteiger partial charge in [-0.05, 0) is 13.3 Å². The van der Waals surface area contributed by atoms with Gasteiger partial charge in [-0.2, -0.15) is 101 Å². The van der Waals surface area contributed by atoms with Gasteiger partial charge < -0.3 is 45.6 Å². The van der Waals surface area contributed by atoms with Gasteiger partial charge in [-0.3, -0.25) is 9.36 Å². The lowest BCUT2D eigenvalue weighted by Crippen LogP contribution is -2.78. The minimum absolute atomic E-state index is 0.0634. The molecule has 2 unspecified atom stereocenters. The van der Waals surface area contributed by atoms with Gasteiger partial charge in [0.15, 0.2) is 5.54 Å². The molecule has 0 spiro atoms. The molecule has 0 aromatic heterocycles. The molecule has 0 bridgehead atoms. The summed E-state index contributed by atoms with van der Waals surface area (Å²) in [6.07, 6.45) is -16.4. The van der Waals surface area contributed by atoms with Crippen LogP contribution in [0.15, 0.2) is 0 Å². The lowest BCUT2D eigenvalue weighted by molar-refractivity contribution is -0.477. The molecule has 1 rings (SSSR count). The van der Waals surface area contributed by atoms with Crippen LogP contribution in [0.25, 0.3) is 0 Å². The summed E-state index contributed by atoms with van der Waals surface area (Å²) in [5, 5.41) is 50.3. The largest absolute Gasteiger partial charge is 0.479 e. The molecule has 1 fully saturated rings. The summed E-state index contributed by atoms with van der Waals surface area (Å²) in [4.78, 5) is 33.5.